The summed E-state index contributed by atoms with van der Waals surface area (Å²) >= 11 is 0. The molecule has 0 fully saturated rings. The molecule has 0 aromatic heterocycles. The molecule has 0 spiro atoms. The Bertz CT molecular complexity index is 417. The minimum atomic E-state index is -0.362. The summed E-state index contributed by atoms with van der Waals surface area (Å²) in [5, 5.41) is 2.74. The van der Waals surface area contributed by atoms with Crippen LogP contribution in [0.5, 0.6) is 0 Å². The van der Waals surface area contributed by atoms with Gasteiger partial charge in [0.15, 0.2) is 0 Å². The van der Waals surface area contributed by atoms with Crippen LogP contribution in [-0.2, 0) is 9.53 Å². The lowest BCUT2D eigenvalue weighted by Crippen LogP contribution is -2.24. The van der Waals surface area contributed by atoms with Gasteiger partial charge in [-0.1, -0.05) is 6.42 Å². The Balaban J connectivity index is 2.14. The summed E-state index contributed by atoms with van der Waals surface area (Å²) < 4.78 is 17.2. The Morgan fingerprint density at radius 2 is 1.84 bits per heavy atom. The van der Waals surface area contributed by atoms with Gasteiger partial charge in [-0.15, -0.1) is 0 Å². The predicted octanol–water partition coefficient (Wildman–Crippen LogP) is 2.29. The van der Waals surface area contributed by atoms with Gasteiger partial charge < -0.3 is 10.1 Å². The van der Waals surface area contributed by atoms with Crippen molar-refractivity contribution in [2.75, 3.05) is 13.7 Å². The van der Waals surface area contributed by atoms with Crippen LogP contribution < -0.4 is 5.32 Å². The van der Waals surface area contributed by atoms with Gasteiger partial charge >= 0.3 is 5.97 Å². The highest BCUT2D eigenvalue weighted by atomic mass is 19.1. The average molecular weight is 267 g/mol. The minimum absolute atomic E-state index is 0.213. The maximum atomic E-state index is 12.7. The highest BCUT2D eigenvalue weighted by Gasteiger charge is 2.04. The second-order valence-corrected chi connectivity index (χ2v) is 4.15. The molecule has 1 rings (SSSR count). The van der Waals surface area contributed by atoms with Gasteiger partial charge in [-0.2, -0.15) is 0 Å². The van der Waals surface area contributed by atoms with Gasteiger partial charge in [-0.25, -0.2) is 4.39 Å². The molecule has 1 N–H and O–H groups in total. The predicted molar refractivity (Wildman–Crippen MR) is 69.2 cm³/mol. The molecule has 104 valence electrons. The maximum absolute atomic E-state index is 12.7. The Kier molecular flexibility index (Phi) is 6.57. The van der Waals surface area contributed by atoms with Crippen LogP contribution in [0.1, 0.15) is 36.0 Å². The number of hydrogen-bond donors (Lipinski definition) is 1. The highest BCUT2D eigenvalue weighted by Crippen LogP contribution is 2.03. The number of hydrogen-bond acceptors (Lipinski definition) is 3. The number of esters is 1. The van der Waals surface area contributed by atoms with Crippen molar-refractivity contribution in [3.8, 4) is 0 Å². The largest absolute Gasteiger partial charge is 0.469 e. The molecule has 4 nitrogen and oxygen atoms in total. The lowest BCUT2D eigenvalue weighted by Gasteiger charge is -2.05. The molecule has 1 aromatic carbocycles. The number of methoxy groups -OCH3 is 1. The summed E-state index contributed by atoms with van der Waals surface area (Å²) in [5.41, 5.74) is 0.441. The van der Waals surface area contributed by atoms with Crippen molar-refractivity contribution in [2.45, 2.75) is 25.7 Å². The fourth-order valence-corrected chi connectivity index (χ4v) is 1.58. The van der Waals surface area contributed by atoms with E-state index in [0.29, 0.717) is 18.5 Å². The number of unbranched alkanes of at least 4 members (excludes halogenated alkanes) is 2. The second kappa shape index (κ2) is 8.24. The van der Waals surface area contributed by atoms with Gasteiger partial charge in [-0.3, -0.25) is 9.59 Å². The maximum Gasteiger partial charge on any atom is 0.305 e. The Morgan fingerprint density at radius 3 is 2.47 bits per heavy atom. The van der Waals surface area contributed by atoms with Crippen LogP contribution in [0.4, 0.5) is 4.39 Å². The molecule has 0 saturated carbocycles. The topological polar surface area (TPSA) is 55.4 Å². The van der Waals surface area contributed by atoms with E-state index in [0.717, 1.165) is 19.3 Å². The second-order valence-electron chi connectivity index (χ2n) is 4.15. The van der Waals surface area contributed by atoms with Crippen molar-refractivity contribution in [2.24, 2.45) is 0 Å². The van der Waals surface area contributed by atoms with Crippen molar-refractivity contribution in [1.29, 1.82) is 0 Å². The smallest absolute Gasteiger partial charge is 0.305 e. The van der Waals surface area contributed by atoms with Crippen LogP contribution in [0.15, 0.2) is 24.3 Å². The first-order chi connectivity index (χ1) is 9.13. The van der Waals surface area contributed by atoms with Crippen molar-refractivity contribution < 1.29 is 18.7 Å². The summed E-state index contributed by atoms with van der Waals surface area (Å²) in [6.45, 7) is 0.539. The Hall–Kier alpha value is -1.91. The van der Waals surface area contributed by atoms with E-state index in [-0.39, 0.29) is 17.7 Å². The lowest BCUT2D eigenvalue weighted by molar-refractivity contribution is -0.140. The standard InChI is InChI=1S/C14H18FNO3/c1-19-13(17)5-3-2-4-10-16-14(18)11-6-8-12(15)9-7-11/h6-9H,2-5,10H2,1H3,(H,16,18). The molecule has 0 aliphatic carbocycles. The summed E-state index contributed by atoms with van der Waals surface area (Å²) in [6, 6.07) is 5.40. The monoisotopic (exact) mass is 267 g/mol. The Morgan fingerprint density at radius 1 is 1.16 bits per heavy atom. The van der Waals surface area contributed by atoms with Crippen LogP contribution >= 0.6 is 0 Å². The zero-order chi connectivity index (χ0) is 14.1. The summed E-state index contributed by atoms with van der Waals surface area (Å²) in [5.74, 6) is -0.789. The molecule has 0 saturated heterocycles. The third kappa shape index (κ3) is 5.99. The van der Waals surface area contributed by atoms with E-state index in [1.54, 1.807) is 0 Å². The van der Waals surface area contributed by atoms with Gasteiger partial charge in [0.2, 0.25) is 0 Å². The first-order valence-corrected chi connectivity index (χ1v) is 6.24. The van der Waals surface area contributed by atoms with Crippen LogP contribution in [0, 0.1) is 5.82 Å². The normalized spacial score (nSPS) is 10.0. The van der Waals surface area contributed by atoms with Gasteiger partial charge in [0.25, 0.3) is 5.91 Å². The molecule has 0 aliphatic rings. The van der Waals surface area contributed by atoms with Gasteiger partial charge in [0.05, 0.1) is 7.11 Å². The van der Waals surface area contributed by atoms with E-state index in [2.05, 4.69) is 10.1 Å². The third-order valence-corrected chi connectivity index (χ3v) is 2.68. The molecule has 0 heterocycles. The molecule has 5 heteroatoms. The first kappa shape index (κ1) is 15.1. The number of carbonyl (C=O) groups excluding carboxylic acids is 2. The zero-order valence-electron chi connectivity index (χ0n) is 10.9. The number of benzene rings is 1. The van der Waals surface area contributed by atoms with Crippen molar-refractivity contribution in [3.05, 3.63) is 35.6 Å². The molecule has 19 heavy (non-hydrogen) atoms. The number of nitrogens with one attached hydrogen (secondary N) is 1. The van der Waals surface area contributed by atoms with E-state index in [1.807, 2.05) is 0 Å². The van der Waals surface area contributed by atoms with Crippen LogP contribution in [-0.4, -0.2) is 25.5 Å². The number of carbonyl (C=O) groups is 2. The SMILES string of the molecule is COC(=O)CCCCCNC(=O)c1ccc(F)cc1. The molecular weight excluding hydrogens is 249 g/mol. The Labute approximate surface area is 112 Å². The van der Waals surface area contributed by atoms with Crippen molar-refractivity contribution in [1.82, 2.24) is 5.32 Å². The van der Waals surface area contributed by atoms with Crippen molar-refractivity contribution >= 4 is 11.9 Å². The number of ether oxygens (including phenoxy) is 1. The quantitative estimate of drug-likeness (QED) is 0.609. The van der Waals surface area contributed by atoms with Gasteiger partial charge in [0, 0.05) is 18.5 Å². The van der Waals surface area contributed by atoms with Gasteiger partial charge in [0.1, 0.15) is 5.82 Å². The van der Waals surface area contributed by atoms with E-state index >= 15 is 0 Å². The molecule has 0 radical (unpaired) electrons. The van der Waals surface area contributed by atoms with Crippen LogP contribution in [0.3, 0.4) is 0 Å². The van der Waals surface area contributed by atoms with E-state index < -0.39 is 0 Å². The number of amides is 1. The minimum Gasteiger partial charge on any atom is -0.469 e. The molecule has 1 amide bonds. The molecule has 0 bridgehead atoms. The van der Waals surface area contributed by atoms with Crippen LogP contribution in [0.25, 0.3) is 0 Å². The first-order valence-electron chi connectivity index (χ1n) is 6.24. The highest BCUT2D eigenvalue weighted by molar-refractivity contribution is 5.94. The zero-order valence-corrected chi connectivity index (χ0v) is 10.9. The van der Waals surface area contributed by atoms with E-state index in [4.69, 9.17) is 0 Å². The molecular formula is C14H18FNO3. The number of rotatable bonds is 7. The number of halogens is 1. The fourth-order valence-electron chi connectivity index (χ4n) is 1.58. The van der Waals surface area contributed by atoms with E-state index in [9.17, 15) is 14.0 Å². The molecule has 0 aliphatic heterocycles. The van der Waals surface area contributed by atoms with Crippen molar-refractivity contribution in [3.63, 3.8) is 0 Å². The summed E-state index contributed by atoms with van der Waals surface area (Å²) in [6.07, 6.45) is 2.80. The fraction of sp³-hybridized carbons (Fsp3) is 0.429. The summed E-state index contributed by atoms with van der Waals surface area (Å²) in [7, 11) is 1.37. The summed E-state index contributed by atoms with van der Waals surface area (Å²) in [4.78, 5) is 22.5. The lowest BCUT2D eigenvalue weighted by atomic mass is 10.2. The van der Waals surface area contributed by atoms with Crippen LogP contribution in [0.2, 0.25) is 0 Å². The average Bonchev–Trinajstić information content (AvgIpc) is 2.42. The molecule has 1 aromatic rings. The van der Waals surface area contributed by atoms with E-state index in [1.165, 1.54) is 31.4 Å². The molecule has 0 atom stereocenters. The third-order valence-electron chi connectivity index (χ3n) is 2.68. The van der Waals surface area contributed by atoms with Gasteiger partial charge in [-0.05, 0) is 37.1 Å². The molecule has 0 unspecified atom stereocenters.